The molecule has 0 radical (unpaired) electrons. The van der Waals surface area contributed by atoms with Crippen molar-refractivity contribution >= 4 is 29.1 Å². The van der Waals surface area contributed by atoms with Crippen molar-refractivity contribution in [3.63, 3.8) is 0 Å². The third kappa shape index (κ3) is 5.93. The average Bonchev–Trinajstić information content (AvgIpc) is 3.67. The molecule has 6 rings (SSSR count). The van der Waals surface area contributed by atoms with Gasteiger partial charge in [0.25, 0.3) is 5.91 Å². The van der Waals surface area contributed by atoms with E-state index in [0.717, 1.165) is 16.7 Å². The number of benzene rings is 2. The summed E-state index contributed by atoms with van der Waals surface area (Å²) in [4.78, 5) is 31.3. The van der Waals surface area contributed by atoms with Crippen molar-refractivity contribution in [2.24, 2.45) is 5.92 Å². The third-order valence-electron chi connectivity index (χ3n) is 7.70. The molecular formula is C31H28ClFN8O3. The molecule has 0 aliphatic carbocycles. The van der Waals surface area contributed by atoms with Gasteiger partial charge in [0.1, 0.15) is 5.69 Å². The number of carbonyl (C=O) groups is 2. The lowest BCUT2D eigenvalue weighted by Gasteiger charge is -2.22. The van der Waals surface area contributed by atoms with E-state index >= 15 is 0 Å². The maximum absolute atomic E-state index is 14.7. The minimum absolute atomic E-state index is 0.0542. The minimum atomic E-state index is -0.658. The van der Waals surface area contributed by atoms with Gasteiger partial charge in [-0.2, -0.15) is 0 Å². The van der Waals surface area contributed by atoms with Crippen LogP contribution >= 0.6 is 11.6 Å². The molecule has 5 aromatic rings. The Bertz CT molecular complexity index is 1840. The quantitative estimate of drug-likeness (QED) is 0.259. The number of nitrogens with zero attached hydrogens (tertiary/aromatic N) is 6. The monoisotopic (exact) mass is 614 g/mol. The maximum atomic E-state index is 14.7. The van der Waals surface area contributed by atoms with E-state index in [1.165, 1.54) is 23.2 Å². The molecule has 3 aromatic heterocycles. The summed E-state index contributed by atoms with van der Waals surface area (Å²) in [5.41, 5.74) is 4.33. The molecule has 2 amide bonds. The first kappa shape index (κ1) is 29.1. The molecule has 44 heavy (non-hydrogen) atoms. The van der Waals surface area contributed by atoms with Gasteiger partial charge in [0.2, 0.25) is 18.2 Å². The number of nitrogens with one attached hydrogen (secondary N) is 2. The van der Waals surface area contributed by atoms with Gasteiger partial charge in [0.15, 0.2) is 11.5 Å². The van der Waals surface area contributed by atoms with Crippen molar-refractivity contribution in [3.8, 4) is 16.8 Å². The Balaban J connectivity index is 1.32. The van der Waals surface area contributed by atoms with E-state index in [2.05, 4.69) is 36.1 Å². The van der Waals surface area contributed by atoms with Crippen molar-refractivity contribution in [1.29, 1.82) is 0 Å². The Kier molecular flexibility index (Phi) is 8.16. The average molecular weight is 615 g/mol. The van der Waals surface area contributed by atoms with E-state index in [-0.39, 0.29) is 28.2 Å². The first-order valence-corrected chi connectivity index (χ1v) is 14.5. The van der Waals surface area contributed by atoms with E-state index in [1.54, 1.807) is 19.2 Å². The fraction of sp³-hybridized carbons (Fsp3) is 0.258. The molecule has 1 aliphatic heterocycles. The number of halogens is 2. The zero-order valence-electron chi connectivity index (χ0n) is 23.9. The van der Waals surface area contributed by atoms with Crippen LogP contribution in [-0.4, -0.2) is 42.0 Å². The molecule has 2 aromatic carbocycles. The van der Waals surface area contributed by atoms with Crippen LogP contribution < -0.4 is 10.6 Å². The molecular weight excluding hydrogens is 587 g/mol. The molecule has 0 spiro atoms. The van der Waals surface area contributed by atoms with Crippen LogP contribution in [-0.2, 0) is 11.2 Å². The van der Waals surface area contributed by atoms with E-state index < -0.39 is 17.8 Å². The Hall–Kier alpha value is -4.97. The lowest BCUT2D eigenvalue weighted by Crippen LogP contribution is -2.30. The first-order valence-electron chi connectivity index (χ1n) is 14.1. The number of rotatable bonds is 5. The van der Waals surface area contributed by atoms with Gasteiger partial charge in [-0.15, -0.1) is 15.3 Å². The molecule has 0 saturated heterocycles. The normalized spacial score (nSPS) is 16.8. The molecule has 13 heteroatoms. The van der Waals surface area contributed by atoms with Crippen LogP contribution in [0.4, 0.5) is 10.1 Å². The molecule has 0 unspecified atom stereocenters. The summed E-state index contributed by atoms with van der Waals surface area (Å²) < 4.78 is 21.2. The molecule has 0 fully saturated rings. The van der Waals surface area contributed by atoms with Crippen molar-refractivity contribution in [2.45, 2.75) is 45.6 Å². The zero-order chi connectivity index (χ0) is 30.8. The predicted molar refractivity (Wildman–Crippen MR) is 160 cm³/mol. The molecule has 224 valence electrons. The Labute approximate surface area is 256 Å². The SMILES string of the molecule is Cc1c(C(=O)N[C@H]2CCC[C@@H](C)C(=O)Nc3cc(Cc4nnco4)ccc3-c3ccnc2c3)nnn1-c1cccc(Cl)c1F. The summed E-state index contributed by atoms with van der Waals surface area (Å²) in [5, 5.41) is 21.9. The third-order valence-corrected chi connectivity index (χ3v) is 8.00. The van der Waals surface area contributed by atoms with Crippen molar-refractivity contribution in [2.75, 3.05) is 5.32 Å². The van der Waals surface area contributed by atoms with E-state index in [9.17, 15) is 14.0 Å². The molecule has 2 N–H and O–H groups in total. The van der Waals surface area contributed by atoms with Crippen LogP contribution in [0, 0.1) is 18.7 Å². The first-order chi connectivity index (χ1) is 21.3. The molecule has 11 nitrogen and oxygen atoms in total. The summed E-state index contributed by atoms with van der Waals surface area (Å²) in [6.45, 7) is 3.52. The molecule has 2 atom stereocenters. The standard InChI is InChI=1S/C31H28ClFN8O3/c1-17-5-3-7-23(36-31(43)29-18(2)41(40-39-29)26-8-4-6-22(32)28(26)33)25-15-20(11-12-34-25)21-10-9-19(13-24(21)37-30(17)42)14-27-38-35-16-44-27/h4,6,8-13,15-17,23H,3,5,7,14H2,1-2H3,(H,36,43)(H,37,42)/t17-,23+/m1/s1. The summed E-state index contributed by atoms with van der Waals surface area (Å²) in [7, 11) is 0. The maximum Gasteiger partial charge on any atom is 0.274 e. The summed E-state index contributed by atoms with van der Waals surface area (Å²) in [6.07, 6.45) is 5.16. The minimum Gasteiger partial charge on any atom is -0.428 e. The number of carbonyl (C=O) groups excluding carboxylic acids is 2. The number of anilines is 1. The number of pyridine rings is 1. The van der Waals surface area contributed by atoms with Crippen LogP contribution in [0.2, 0.25) is 5.02 Å². The van der Waals surface area contributed by atoms with Crippen LogP contribution in [0.1, 0.15) is 65.6 Å². The number of hydrogen-bond acceptors (Lipinski definition) is 8. The zero-order valence-corrected chi connectivity index (χ0v) is 24.7. The predicted octanol–water partition coefficient (Wildman–Crippen LogP) is 5.63. The lowest BCUT2D eigenvalue weighted by atomic mass is 9.94. The molecule has 1 aliphatic rings. The van der Waals surface area contributed by atoms with Gasteiger partial charge in [-0.25, -0.2) is 9.07 Å². The van der Waals surface area contributed by atoms with Crippen LogP contribution in [0.5, 0.6) is 0 Å². The highest BCUT2D eigenvalue weighted by Gasteiger charge is 2.25. The van der Waals surface area contributed by atoms with Crippen molar-refractivity contribution in [3.05, 3.63) is 100 Å². The number of fused-ring (bicyclic) bond motifs is 4. The van der Waals surface area contributed by atoms with E-state index in [4.69, 9.17) is 16.0 Å². The Morgan fingerprint density at radius 3 is 2.86 bits per heavy atom. The van der Waals surface area contributed by atoms with Gasteiger partial charge in [-0.3, -0.25) is 14.6 Å². The highest BCUT2D eigenvalue weighted by atomic mass is 35.5. The second-order valence-corrected chi connectivity index (χ2v) is 11.1. The van der Waals surface area contributed by atoms with Crippen LogP contribution in [0.3, 0.4) is 0 Å². The van der Waals surface area contributed by atoms with Gasteiger partial charge in [0, 0.05) is 23.4 Å². The summed E-state index contributed by atoms with van der Waals surface area (Å²) in [5.74, 6) is -1.04. The van der Waals surface area contributed by atoms with Crippen molar-refractivity contribution in [1.82, 2.24) is 35.5 Å². The van der Waals surface area contributed by atoms with Gasteiger partial charge < -0.3 is 15.1 Å². The van der Waals surface area contributed by atoms with Gasteiger partial charge in [0.05, 0.1) is 28.9 Å². The smallest absolute Gasteiger partial charge is 0.274 e. The van der Waals surface area contributed by atoms with Crippen LogP contribution in [0.15, 0.2) is 65.5 Å². The van der Waals surface area contributed by atoms with Gasteiger partial charge >= 0.3 is 0 Å². The number of aromatic nitrogens is 6. The van der Waals surface area contributed by atoms with Gasteiger partial charge in [-0.05, 0) is 61.2 Å². The summed E-state index contributed by atoms with van der Waals surface area (Å²) >= 11 is 5.95. The molecule has 4 heterocycles. The Morgan fingerprint density at radius 2 is 2.05 bits per heavy atom. The Morgan fingerprint density at radius 1 is 1.18 bits per heavy atom. The van der Waals surface area contributed by atoms with Gasteiger partial charge in [-0.1, -0.05) is 48.4 Å². The fourth-order valence-corrected chi connectivity index (χ4v) is 5.44. The fourth-order valence-electron chi connectivity index (χ4n) is 5.27. The van der Waals surface area contributed by atoms with E-state index in [0.29, 0.717) is 48.6 Å². The second-order valence-electron chi connectivity index (χ2n) is 10.7. The van der Waals surface area contributed by atoms with Crippen LogP contribution in [0.25, 0.3) is 16.8 Å². The number of amides is 2. The van der Waals surface area contributed by atoms with Crippen molar-refractivity contribution < 1.29 is 18.4 Å². The lowest BCUT2D eigenvalue weighted by molar-refractivity contribution is -0.119. The molecule has 0 saturated carbocycles. The molecule has 2 bridgehead atoms. The topological polar surface area (TPSA) is 141 Å². The highest BCUT2D eigenvalue weighted by molar-refractivity contribution is 6.30. The van der Waals surface area contributed by atoms with E-state index in [1.807, 2.05) is 37.3 Å². The second kappa shape index (κ2) is 12.3. The summed E-state index contributed by atoms with van der Waals surface area (Å²) in [6, 6.07) is 13.6. The highest BCUT2D eigenvalue weighted by Crippen LogP contribution is 2.33. The number of hydrogen-bond donors (Lipinski definition) is 2. The largest absolute Gasteiger partial charge is 0.428 e.